The number of rotatable bonds is 3. The molecule has 2 aromatic carbocycles. The van der Waals surface area contributed by atoms with E-state index in [0.717, 1.165) is 0 Å². The van der Waals surface area contributed by atoms with Crippen LogP contribution in [0.5, 0.6) is 0 Å². The number of fused-ring (bicyclic) bond motifs is 1. The maximum absolute atomic E-state index is 12.5. The summed E-state index contributed by atoms with van der Waals surface area (Å²) < 4.78 is 0. The Balaban J connectivity index is 2.25. The highest BCUT2D eigenvalue weighted by Crippen LogP contribution is 2.41. The van der Waals surface area contributed by atoms with Gasteiger partial charge in [-0.1, -0.05) is 54.6 Å². The minimum Gasteiger partial charge on any atom is -0.363 e. The van der Waals surface area contributed by atoms with E-state index in [1.807, 2.05) is 36.4 Å². The van der Waals surface area contributed by atoms with Crippen LogP contribution in [0.4, 0.5) is 0 Å². The molecule has 3 nitrogen and oxygen atoms in total. The van der Waals surface area contributed by atoms with E-state index in [2.05, 4.69) is 6.58 Å². The van der Waals surface area contributed by atoms with Crippen LogP contribution in [0, 0.1) is 0 Å². The van der Waals surface area contributed by atoms with E-state index in [4.69, 9.17) is 0 Å². The van der Waals surface area contributed by atoms with Gasteiger partial charge in [-0.3, -0.25) is 9.69 Å². The van der Waals surface area contributed by atoms with E-state index in [1.165, 1.54) is 4.90 Å². The van der Waals surface area contributed by atoms with Gasteiger partial charge in [-0.15, -0.1) is 6.58 Å². The second kappa shape index (κ2) is 4.62. The second-order valence-corrected chi connectivity index (χ2v) is 4.79. The van der Waals surface area contributed by atoms with Gasteiger partial charge < -0.3 is 5.11 Å². The molecule has 1 aliphatic rings. The normalized spacial score (nSPS) is 20.9. The van der Waals surface area contributed by atoms with Crippen LogP contribution >= 0.6 is 0 Å². The van der Waals surface area contributed by atoms with Crippen LogP contribution in [0.1, 0.15) is 21.5 Å². The smallest absolute Gasteiger partial charge is 0.257 e. The first-order valence-corrected chi connectivity index (χ1v) is 6.50. The van der Waals surface area contributed by atoms with Gasteiger partial charge in [-0.25, -0.2) is 0 Å². The molecular weight excluding hydrogens is 250 g/mol. The Kier molecular flexibility index (Phi) is 2.92. The lowest BCUT2D eigenvalue weighted by atomic mass is 9.94. The molecule has 0 aliphatic carbocycles. The number of aliphatic hydroxyl groups is 1. The number of hydrogen-bond acceptors (Lipinski definition) is 2. The summed E-state index contributed by atoms with van der Waals surface area (Å²) >= 11 is 0. The first kappa shape index (κ1) is 12.6. The van der Waals surface area contributed by atoms with Crippen LogP contribution in [-0.2, 0) is 5.72 Å². The molecule has 0 saturated carbocycles. The lowest BCUT2D eigenvalue weighted by Gasteiger charge is -2.34. The lowest BCUT2D eigenvalue weighted by Crippen LogP contribution is -2.44. The molecule has 0 bridgehead atoms. The Morgan fingerprint density at radius 3 is 2.45 bits per heavy atom. The quantitative estimate of drug-likeness (QED) is 0.866. The Morgan fingerprint density at radius 1 is 1.10 bits per heavy atom. The summed E-state index contributed by atoms with van der Waals surface area (Å²) in [6.07, 6.45) is 1.62. The van der Waals surface area contributed by atoms with Crippen molar-refractivity contribution in [2.45, 2.75) is 5.72 Å². The Bertz CT molecular complexity index is 666. The number of carbonyl (C=O) groups excluding carboxylic acids is 1. The van der Waals surface area contributed by atoms with E-state index < -0.39 is 5.72 Å². The zero-order valence-electron chi connectivity index (χ0n) is 11.0. The SMILES string of the molecule is C=CCN1C(=O)c2ccccc2[C@]1(O)c1ccccc1. The molecule has 0 aromatic heterocycles. The highest BCUT2D eigenvalue weighted by molar-refractivity contribution is 6.00. The maximum Gasteiger partial charge on any atom is 0.257 e. The van der Waals surface area contributed by atoms with Gasteiger partial charge in [-0.05, 0) is 6.07 Å². The molecule has 3 rings (SSSR count). The third kappa shape index (κ3) is 1.60. The summed E-state index contributed by atoms with van der Waals surface area (Å²) in [4.78, 5) is 13.9. The number of nitrogens with zero attached hydrogens (tertiary/aromatic N) is 1. The molecule has 100 valence electrons. The summed E-state index contributed by atoms with van der Waals surface area (Å²) in [6.45, 7) is 3.97. The molecule has 1 heterocycles. The van der Waals surface area contributed by atoms with Crippen LogP contribution in [0.15, 0.2) is 67.3 Å². The van der Waals surface area contributed by atoms with Crippen molar-refractivity contribution in [3.8, 4) is 0 Å². The number of benzene rings is 2. The highest BCUT2D eigenvalue weighted by atomic mass is 16.3. The van der Waals surface area contributed by atoms with Crippen molar-refractivity contribution in [2.24, 2.45) is 0 Å². The van der Waals surface area contributed by atoms with Gasteiger partial charge in [0, 0.05) is 23.2 Å². The van der Waals surface area contributed by atoms with Crippen molar-refractivity contribution < 1.29 is 9.90 Å². The standard InChI is InChI=1S/C17H15NO2/c1-2-12-18-16(19)14-10-6-7-11-15(14)17(18,20)13-8-4-3-5-9-13/h2-11,20H,1,12H2/t17-/m1/s1. The van der Waals surface area contributed by atoms with Crippen molar-refractivity contribution in [3.63, 3.8) is 0 Å². The first-order chi connectivity index (χ1) is 9.69. The summed E-state index contributed by atoms with van der Waals surface area (Å²) in [6, 6.07) is 16.4. The van der Waals surface area contributed by atoms with Crippen LogP contribution < -0.4 is 0 Å². The molecular formula is C17H15NO2. The minimum atomic E-state index is -1.43. The van der Waals surface area contributed by atoms with Crippen molar-refractivity contribution in [1.82, 2.24) is 4.90 Å². The predicted molar refractivity (Wildman–Crippen MR) is 77.1 cm³/mol. The zero-order valence-corrected chi connectivity index (χ0v) is 11.0. The molecule has 0 saturated heterocycles. The Morgan fingerprint density at radius 2 is 1.75 bits per heavy atom. The molecule has 0 fully saturated rings. The van der Waals surface area contributed by atoms with Crippen molar-refractivity contribution in [2.75, 3.05) is 6.54 Å². The van der Waals surface area contributed by atoms with Crippen molar-refractivity contribution in [3.05, 3.63) is 83.9 Å². The number of carbonyl (C=O) groups is 1. The fraction of sp³-hybridized carbons (Fsp3) is 0.118. The maximum atomic E-state index is 12.5. The van der Waals surface area contributed by atoms with Gasteiger partial charge in [0.2, 0.25) is 0 Å². The summed E-state index contributed by atoms with van der Waals surface area (Å²) in [5.41, 5.74) is 0.419. The van der Waals surface area contributed by atoms with E-state index in [1.54, 1.807) is 24.3 Å². The van der Waals surface area contributed by atoms with Gasteiger partial charge in [-0.2, -0.15) is 0 Å². The van der Waals surface area contributed by atoms with Crippen LogP contribution in [0.2, 0.25) is 0 Å². The average Bonchev–Trinajstić information content (AvgIpc) is 2.72. The van der Waals surface area contributed by atoms with Gasteiger partial charge in [0.1, 0.15) is 0 Å². The fourth-order valence-electron chi connectivity index (χ4n) is 2.74. The van der Waals surface area contributed by atoms with Crippen LogP contribution in [-0.4, -0.2) is 22.5 Å². The first-order valence-electron chi connectivity index (χ1n) is 6.50. The fourth-order valence-corrected chi connectivity index (χ4v) is 2.74. The average molecular weight is 265 g/mol. The van der Waals surface area contributed by atoms with Crippen LogP contribution in [0.3, 0.4) is 0 Å². The third-order valence-corrected chi connectivity index (χ3v) is 3.66. The van der Waals surface area contributed by atoms with E-state index in [0.29, 0.717) is 23.2 Å². The van der Waals surface area contributed by atoms with Gasteiger partial charge in [0.15, 0.2) is 5.72 Å². The molecule has 3 heteroatoms. The largest absolute Gasteiger partial charge is 0.363 e. The minimum absolute atomic E-state index is 0.174. The van der Waals surface area contributed by atoms with Crippen molar-refractivity contribution >= 4 is 5.91 Å². The predicted octanol–water partition coefficient (Wildman–Crippen LogP) is 2.52. The summed E-state index contributed by atoms with van der Waals surface area (Å²) in [5.74, 6) is -0.174. The molecule has 0 spiro atoms. The van der Waals surface area contributed by atoms with E-state index >= 15 is 0 Å². The monoisotopic (exact) mass is 265 g/mol. The van der Waals surface area contributed by atoms with E-state index in [9.17, 15) is 9.90 Å². The Labute approximate surface area is 117 Å². The molecule has 0 unspecified atom stereocenters. The topological polar surface area (TPSA) is 40.5 Å². The molecule has 1 aliphatic heterocycles. The van der Waals surface area contributed by atoms with E-state index in [-0.39, 0.29) is 5.91 Å². The second-order valence-electron chi connectivity index (χ2n) is 4.79. The highest BCUT2D eigenvalue weighted by Gasteiger charge is 2.48. The molecule has 0 radical (unpaired) electrons. The molecule has 1 N–H and O–H groups in total. The summed E-state index contributed by atoms with van der Waals surface area (Å²) in [5, 5.41) is 11.2. The molecule has 20 heavy (non-hydrogen) atoms. The van der Waals surface area contributed by atoms with Crippen molar-refractivity contribution in [1.29, 1.82) is 0 Å². The third-order valence-electron chi connectivity index (χ3n) is 3.66. The van der Waals surface area contributed by atoms with Gasteiger partial charge in [0.25, 0.3) is 5.91 Å². The van der Waals surface area contributed by atoms with Gasteiger partial charge >= 0.3 is 0 Å². The summed E-state index contributed by atoms with van der Waals surface area (Å²) in [7, 11) is 0. The Hall–Kier alpha value is -2.39. The zero-order chi connectivity index (χ0) is 14.2. The molecule has 2 aromatic rings. The number of amides is 1. The lowest BCUT2D eigenvalue weighted by molar-refractivity contribution is -0.0444. The van der Waals surface area contributed by atoms with Gasteiger partial charge in [0.05, 0.1) is 0 Å². The number of hydrogen-bond donors (Lipinski definition) is 1. The molecule has 1 atom stereocenters. The van der Waals surface area contributed by atoms with Crippen LogP contribution in [0.25, 0.3) is 0 Å². The molecule has 1 amide bonds.